The van der Waals surface area contributed by atoms with E-state index in [1.54, 1.807) is 34.9 Å². The van der Waals surface area contributed by atoms with Crippen LogP contribution in [0.1, 0.15) is 45.4 Å². The van der Waals surface area contributed by atoms with Crippen molar-refractivity contribution in [2.45, 2.75) is 45.4 Å². The first kappa shape index (κ1) is 29.0. The van der Waals surface area contributed by atoms with Gasteiger partial charge in [-0.05, 0) is 69.8 Å². The lowest BCUT2D eigenvalue weighted by Gasteiger charge is -2.46. The molecule has 4 aliphatic rings. The first-order valence-electron chi connectivity index (χ1n) is 13.7. The van der Waals surface area contributed by atoms with Gasteiger partial charge in [-0.25, -0.2) is 14.6 Å². The monoisotopic (exact) mass is 553 g/mol. The van der Waals surface area contributed by atoms with Crippen molar-refractivity contribution in [2.24, 2.45) is 10.4 Å². The lowest BCUT2D eigenvalue weighted by atomic mass is 9.77. The van der Waals surface area contributed by atoms with E-state index in [0.29, 0.717) is 32.6 Å². The number of piperidine rings is 1. The third kappa shape index (κ3) is 7.99. The minimum Gasteiger partial charge on any atom is -0.499 e. The van der Waals surface area contributed by atoms with Gasteiger partial charge in [0.25, 0.3) is 0 Å². The predicted octanol–water partition coefficient (Wildman–Crippen LogP) is 5.68. The fourth-order valence-corrected chi connectivity index (χ4v) is 6.02. The molecule has 2 fully saturated rings. The van der Waals surface area contributed by atoms with Crippen LogP contribution in [0.25, 0.3) is 0 Å². The Morgan fingerprint density at radius 1 is 1.26 bits per heavy atom. The molecule has 0 bridgehead atoms. The van der Waals surface area contributed by atoms with Crippen molar-refractivity contribution in [2.75, 3.05) is 45.1 Å². The van der Waals surface area contributed by atoms with Crippen LogP contribution in [0, 0.1) is 5.41 Å². The highest BCUT2D eigenvalue weighted by atomic mass is 32.2. The molecule has 39 heavy (non-hydrogen) atoms. The minimum atomic E-state index is -0.959. The number of likely N-dealkylation sites (tertiary alicyclic amines) is 1. The van der Waals surface area contributed by atoms with Gasteiger partial charge < -0.3 is 14.6 Å². The molecule has 0 unspecified atom stereocenters. The van der Waals surface area contributed by atoms with Gasteiger partial charge in [-0.2, -0.15) is 0 Å². The Morgan fingerprint density at radius 3 is 2.77 bits per heavy atom. The first-order valence-corrected chi connectivity index (χ1v) is 14.7. The van der Waals surface area contributed by atoms with Gasteiger partial charge >= 0.3 is 12.1 Å². The molecular weight excluding hydrogens is 514 g/mol. The first-order chi connectivity index (χ1) is 18.9. The highest BCUT2D eigenvalue weighted by molar-refractivity contribution is 8.14. The highest BCUT2D eigenvalue weighted by Crippen LogP contribution is 2.37. The van der Waals surface area contributed by atoms with Gasteiger partial charge in [-0.3, -0.25) is 9.80 Å². The van der Waals surface area contributed by atoms with Crippen molar-refractivity contribution in [3.63, 3.8) is 0 Å². The third-order valence-corrected chi connectivity index (χ3v) is 8.51. The van der Waals surface area contributed by atoms with Crippen molar-refractivity contribution >= 4 is 28.9 Å². The molecule has 4 rings (SSSR count). The number of cyclic esters (lactones) is 1. The van der Waals surface area contributed by atoms with E-state index < -0.39 is 5.97 Å². The molecular formula is C30H39N3O5S. The number of nitrogens with zero attached hydrogens (tertiary/aromatic N) is 3. The van der Waals surface area contributed by atoms with E-state index in [-0.39, 0.29) is 17.1 Å². The number of carbonyl (C=O) groups excluding carboxylic acids is 1. The topological polar surface area (TPSA) is 91.7 Å². The molecule has 2 saturated heterocycles. The third-order valence-electron chi connectivity index (χ3n) is 7.51. The fourth-order valence-electron chi connectivity index (χ4n) is 5.18. The number of carboxylic acid groups (broad SMARTS) is 1. The zero-order valence-electron chi connectivity index (χ0n) is 22.8. The van der Waals surface area contributed by atoms with Gasteiger partial charge in [0.05, 0.1) is 23.0 Å². The lowest BCUT2D eigenvalue weighted by molar-refractivity contribution is -0.132. The van der Waals surface area contributed by atoms with Crippen molar-refractivity contribution in [3.05, 3.63) is 71.8 Å². The molecule has 3 heterocycles. The number of ether oxygens (including phenoxy) is 2. The molecule has 210 valence electrons. The van der Waals surface area contributed by atoms with E-state index in [2.05, 4.69) is 28.6 Å². The van der Waals surface area contributed by atoms with Crippen molar-refractivity contribution in [3.8, 4) is 0 Å². The Balaban J connectivity index is 1.37. The van der Waals surface area contributed by atoms with Gasteiger partial charge in [0.15, 0.2) is 0 Å². The van der Waals surface area contributed by atoms with E-state index in [4.69, 9.17) is 9.47 Å². The van der Waals surface area contributed by atoms with Crippen LogP contribution in [0.3, 0.4) is 0 Å². The fraction of sp³-hybridized carbons (Fsp3) is 0.500. The zero-order valence-corrected chi connectivity index (χ0v) is 23.6. The second-order valence-corrected chi connectivity index (χ2v) is 11.3. The van der Waals surface area contributed by atoms with Gasteiger partial charge in [-0.15, -0.1) is 11.8 Å². The normalized spacial score (nSPS) is 24.0. The SMILES string of the molecule is C=C(CC/C(=C/CN1CCC2(CC1)COC(=O)N(C1=C/CCC=C(C(=O)O)/C=C\1)C2)C1=NC=CCS1)OCC. The molecule has 1 aliphatic carbocycles. The Kier molecular flexibility index (Phi) is 10.3. The molecule has 9 heteroatoms. The summed E-state index contributed by atoms with van der Waals surface area (Å²) in [4.78, 5) is 32.9. The number of thioether (sulfide) groups is 1. The second-order valence-electron chi connectivity index (χ2n) is 10.3. The smallest absolute Gasteiger partial charge is 0.414 e. The molecule has 1 spiro atoms. The van der Waals surface area contributed by atoms with Crippen LogP contribution < -0.4 is 0 Å². The Labute approximate surface area is 235 Å². The van der Waals surface area contributed by atoms with Crippen molar-refractivity contribution < 1.29 is 24.2 Å². The van der Waals surface area contributed by atoms with Crippen LogP contribution in [-0.2, 0) is 14.3 Å². The summed E-state index contributed by atoms with van der Waals surface area (Å²) in [5, 5.41) is 10.5. The quantitative estimate of drug-likeness (QED) is 0.348. The lowest BCUT2D eigenvalue weighted by Crippen LogP contribution is -2.54. The summed E-state index contributed by atoms with van der Waals surface area (Å²) in [6.07, 6.45) is 17.7. The van der Waals surface area contributed by atoms with Crippen LogP contribution in [-0.4, -0.2) is 77.2 Å². The maximum absolute atomic E-state index is 12.7. The van der Waals surface area contributed by atoms with Gasteiger partial charge in [-0.1, -0.05) is 30.9 Å². The van der Waals surface area contributed by atoms with E-state index in [0.717, 1.165) is 67.6 Å². The number of allylic oxidation sites excluding steroid dienone is 4. The molecule has 8 nitrogen and oxygen atoms in total. The summed E-state index contributed by atoms with van der Waals surface area (Å²) in [6.45, 7) is 10.3. The molecule has 1 amide bonds. The van der Waals surface area contributed by atoms with Gasteiger partial charge in [0.1, 0.15) is 6.61 Å². The van der Waals surface area contributed by atoms with Crippen LogP contribution >= 0.6 is 11.8 Å². The minimum absolute atomic E-state index is 0.108. The number of aliphatic carboxylic acids is 1. The molecule has 0 aromatic heterocycles. The number of rotatable bonds is 10. The number of carbonyl (C=O) groups is 2. The summed E-state index contributed by atoms with van der Waals surface area (Å²) >= 11 is 1.76. The van der Waals surface area contributed by atoms with Crippen molar-refractivity contribution in [1.82, 2.24) is 9.80 Å². The summed E-state index contributed by atoms with van der Waals surface area (Å²) in [5.41, 5.74) is 2.09. The van der Waals surface area contributed by atoms with E-state index in [1.807, 2.05) is 19.2 Å². The standard InChI is InChI=1S/C30H39N3O5S/c1-3-37-23(2)9-10-24(27-31-16-6-20-39-27)13-17-32-18-14-30(15-19-32)21-33(29(36)38-22-30)26-8-5-4-7-25(11-12-26)28(34)35/h6-8,11-13,16H,2-5,9-10,14-15,17-22H2,1H3,(H,34,35)/b12-11-,24-13-,25-7?,26-8+. The molecule has 0 aromatic rings. The number of hydrogen-bond donors (Lipinski definition) is 1. The van der Waals surface area contributed by atoms with Crippen molar-refractivity contribution in [1.29, 1.82) is 0 Å². The molecule has 3 aliphatic heterocycles. The Hall–Kier alpha value is -3.04. The van der Waals surface area contributed by atoms with Gasteiger partial charge in [0, 0.05) is 42.6 Å². The molecule has 1 N–H and O–H groups in total. The number of aliphatic imine (C=N–C) groups is 1. The molecule has 0 atom stereocenters. The maximum atomic E-state index is 12.7. The summed E-state index contributed by atoms with van der Waals surface area (Å²) in [7, 11) is 0. The predicted molar refractivity (Wildman–Crippen MR) is 155 cm³/mol. The maximum Gasteiger partial charge on any atom is 0.414 e. The van der Waals surface area contributed by atoms with E-state index in [1.165, 1.54) is 5.57 Å². The second kappa shape index (κ2) is 13.8. The Bertz CT molecular complexity index is 1130. The van der Waals surface area contributed by atoms with E-state index >= 15 is 0 Å². The molecule has 0 radical (unpaired) electrons. The van der Waals surface area contributed by atoms with Crippen LogP contribution in [0.2, 0.25) is 0 Å². The molecule has 0 aromatic carbocycles. The van der Waals surface area contributed by atoms with Gasteiger partial charge in [0.2, 0.25) is 0 Å². The average molecular weight is 554 g/mol. The van der Waals surface area contributed by atoms with Crippen LogP contribution in [0.15, 0.2) is 76.8 Å². The molecule has 0 saturated carbocycles. The van der Waals surface area contributed by atoms with E-state index in [9.17, 15) is 14.7 Å². The van der Waals surface area contributed by atoms with Crippen LogP contribution in [0.4, 0.5) is 4.79 Å². The largest absolute Gasteiger partial charge is 0.499 e. The summed E-state index contributed by atoms with van der Waals surface area (Å²) in [6, 6.07) is 0. The number of carboxylic acids is 1. The summed E-state index contributed by atoms with van der Waals surface area (Å²) < 4.78 is 11.2. The summed E-state index contributed by atoms with van der Waals surface area (Å²) in [5.74, 6) is 0.782. The van der Waals surface area contributed by atoms with Crippen LogP contribution in [0.5, 0.6) is 0 Å². The number of amides is 1. The number of hydrogen-bond acceptors (Lipinski definition) is 7. The average Bonchev–Trinajstić information content (AvgIpc) is 2.92. The Morgan fingerprint density at radius 2 is 2.05 bits per heavy atom. The zero-order chi connectivity index (χ0) is 27.7. The highest BCUT2D eigenvalue weighted by Gasteiger charge is 2.43.